The van der Waals surface area contributed by atoms with Crippen LogP contribution in [0.4, 0.5) is 0 Å². The Morgan fingerprint density at radius 1 is 1.09 bits per heavy atom. The zero-order chi connectivity index (χ0) is 15.0. The van der Waals surface area contributed by atoms with E-state index >= 15 is 0 Å². The van der Waals surface area contributed by atoms with E-state index in [1.807, 2.05) is 0 Å². The summed E-state index contributed by atoms with van der Waals surface area (Å²) in [7, 11) is 0. The van der Waals surface area contributed by atoms with E-state index in [1.54, 1.807) is 0 Å². The van der Waals surface area contributed by atoms with Gasteiger partial charge in [-0.15, -0.1) is 0 Å². The standard InChI is InChI=1S/C19H25NO2/c1-2-10-18-16(7-1)8-5-11-19(18)22-13-4-3-12-20-15-17-9-6-14-21-17/h1-2,5,7-8,10-11,17,20H,3-4,6,9,12-15H2/t17-/m1/s1. The van der Waals surface area contributed by atoms with Crippen LogP contribution in [0.2, 0.25) is 0 Å². The normalized spacial score (nSPS) is 17.9. The molecule has 2 aromatic carbocycles. The van der Waals surface area contributed by atoms with Crippen molar-refractivity contribution >= 4 is 10.8 Å². The van der Waals surface area contributed by atoms with E-state index < -0.39 is 0 Å². The zero-order valence-electron chi connectivity index (χ0n) is 13.1. The van der Waals surface area contributed by atoms with Crippen molar-refractivity contribution in [2.24, 2.45) is 0 Å². The van der Waals surface area contributed by atoms with E-state index in [1.165, 1.54) is 23.6 Å². The van der Waals surface area contributed by atoms with E-state index in [4.69, 9.17) is 9.47 Å². The molecule has 0 saturated carbocycles. The van der Waals surface area contributed by atoms with Gasteiger partial charge in [0.15, 0.2) is 0 Å². The molecule has 1 heterocycles. The highest BCUT2D eigenvalue weighted by Crippen LogP contribution is 2.25. The number of hydrogen-bond donors (Lipinski definition) is 1. The van der Waals surface area contributed by atoms with Crippen molar-refractivity contribution in [1.29, 1.82) is 0 Å². The highest BCUT2D eigenvalue weighted by atomic mass is 16.5. The summed E-state index contributed by atoms with van der Waals surface area (Å²) < 4.78 is 11.5. The summed E-state index contributed by atoms with van der Waals surface area (Å²) in [4.78, 5) is 0. The number of benzene rings is 2. The number of hydrogen-bond acceptors (Lipinski definition) is 3. The predicted molar refractivity (Wildman–Crippen MR) is 90.5 cm³/mol. The molecule has 1 aliphatic heterocycles. The largest absolute Gasteiger partial charge is 0.493 e. The van der Waals surface area contributed by atoms with Crippen LogP contribution in [0.25, 0.3) is 10.8 Å². The third kappa shape index (κ3) is 4.21. The minimum atomic E-state index is 0.437. The van der Waals surface area contributed by atoms with Gasteiger partial charge in [-0.3, -0.25) is 0 Å². The molecular formula is C19H25NO2. The fraction of sp³-hybridized carbons (Fsp3) is 0.474. The van der Waals surface area contributed by atoms with Crippen molar-refractivity contribution in [1.82, 2.24) is 5.32 Å². The third-order valence-corrected chi connectivity index (χ3v) is 4.15. The van der Waals surface area contributed by atoms with Gasteiger partial charge in [0.1, 0.15) is 5.75 Å². The van der Waals surface area contributed by atoms with Gasteiger partial charge in [-0.25, -0.2) is 0 Å². The Morgan fingerprint density at radius 3 is 2.91 bits per heavy atom. The van der Waals surface area contributed by atoms with Gasteiger partial charge in [0.2, 0.25) is 0 Å². The maximum absolute atomic E-state index is 5.95. The van der Waals surface area contributed by atoms with Crippen LogP contribution in [0.15, 0.2) is 42.5 Å². The average Bonchev–Trinajstić information content (AvgIpc) is 3.07. The molecule has 0 aromatic heterocycles. The molecule has 2 aromatic rings. The fourth-order valence-corrected chi connectivity index (χ4v) is 2.92. The Labute approximate surface area is 132 Å². The van der Waals surface area contributed by atoms with E-state index in [2.05, 4.69) is 47.8 Å². The quantitative estimate of drug-likeness (QED) is 0.753. The second-order valence-electron chi connectivity index (χ2n) is 5.87. The second kappa shape index (κ2) is 8.16. The molecular weight excluding hydrogens is 274 g/mol. The lowest BCUT2D eigenvalue weighted by Gasteiger charge is -2.11. The molecule has 0 unspecified atom stereocenters. The van der Waals surface area contributed by atoms with Gasteiger partial charge in [0.25, 0.3) is 0 Å². The first kappa shape index (κ1) is 15.3. The Kier molecular flexibility index (Phi) is 5.68. The summed E-state index contributed by atoms with van der Waals surface area (Å²) >= 11 is 0. The molecule has 0 aliphatic carbocycles. The summed E-state index contributed by atoms with van der Waals surface area (Å²) in [6.45, 7) is 3.74. The van der Waals surface area contributed by atoms with Crippen LogP contribution >= 0.6 is 0 Å². The monoisotopic (exact) mass is 299 g/mol. The van der Waals surface area contributed by atoms with Crippen LogP contribution in [0.3, 0.4) is 0 Å². The van der Waals surface area contributed by atoms with Gasteiger partial charge in [0.05, 0.1) is 12.7 Å². The van der Waals surface area contributed by atoms with Gasteiger partial charge in [-0.1, -0.05) is 36.4 Å². The summed E-state index contributed by atoms with van der Waals surface area (Å²) in [5, 5.41) is 5.91. The lowest BCUT2D eigenvalue weighted by Crippen LogP contribution is -2.27. The van der Waals surface area contributed by atoms with Crippen molar-refractivity contribution in [3.63, 3.8) is 0 Å². The fourth-order valence-electron chi connectivity index (χ4n) is 2.92. The van der Waals surface area contributed by atoms with E-state index in [0.29, 0.717) is 6.10 Å². The molecule has 1 N–H and O–H groups in total. The zero-order valence-corrected chi connectivity index (χ0v) is 13.1. The molecule has 0 amide bonds. The van der Waals surface area contributed by atoms with Crippen molar-refractivity contribution < 1.29 is 9.47 Å². The molecule has 0 radical (unpaired) electrons. The van der Waals surface area contributed by atoms with Crippen LogP contribution in [0.1, 0.15) is 25.7 Å². The number of fused-ring (bicyclic) bond motifs is 1. The summed E-state index contributed by atoms with van der Waals surface area (Å²) in [6, 6.07) is 14.6. The molecule has 0 bridgehead atoms. The Hall–Kier alpha value is -1.58. The van der Waals surface area contributed by atoms with Crippen LogP contribution in [-0.2, 0) is 4.74 Å². The molecule has 1 atom stereocenters. The Balaban J connectivity index is 1.34. The van der Waals surface area contributed by atoms with Crippen molar-refractivity contribution in [3.05, 3.63) is 42.5 Å². The maximum Gasteiger partial charge on any atom is 0.127 e. The van der Waals surface area contributed by atoms with Gasteiger partial charge in [-0.2, -0.15) is 0 Å². The molecule has 1 aliphatic rings. The van der Waals surface area contributed by atoms with Crippen LogP contribution in [-0.4, -0.2) is 32.4 Å². The first-order valence-electron chi connectivity index (χ1n) is 8.36. The molecule has 0 spiro atoms. The minimum absolute atomic E-state index is 0.437. The molecule has 22 heavy (non-hydrogen) atoms. The number of unbranched alkanes of at least 4 members (excludes halogenated alkanes) is 1. The second-order valence-corrected chi connectivity index (χ2v) is 5.87. The SMILES string of the molecule is c1ccc2c(OCCCCNC[C@H]3CCCO3)cccc2c1. The minimum Gasteiger partial charge on any atom is -0.493 e. The summed E-state index contributed by atoms with van der Waals surface area (Å²) in [5.41, 5.74) is 0. The molecule has 118 valence electrons. The topological polar surface area (TPSA) is 30.5 Å². The Morgan fingerprint density at radius 2 is 2.00 bits per heavy atom. The van der Waals surface area contributed by atoms with E-state index in [9.17, 15) is 0 Å². The summed E-state index contributed by atoms with van der Waals surface area (Å²) in [5.74, 6) is 0.991. The predicted octanol–water partition coefficient (Wildman–Crippen LogP) is 3.77. The first-order valence-corrected chi connectivity index (χ1v) is 8.36. The molecule has 3 heteroatoms. The highest BCUT2D eigenvalue weighted by molar-refractivity contribution is 5.88. The van der Waals surface area contributed by atoms with Gasteiger partial charge in [0, 0.05) is 18.5 Å². The van der Waals surface area contributed by atoms with Crippen molar-refractivity contribution in [2.45, 2.75) is 31.8 Å². The Bertz CT molecular complexity index is 573. The van der Waals surface area contributed by atoms with Crippen LogP contribution in [0.5, 0.6) is 5.75 Å². The van der Waals surface area contributed by atoms with Crippen LogP contribution < -0.4 is 10.1 Å². The number of rotatable bonds is 8. The summed E-state index contributed by atoms with van der Waals surface area (Å²) in [6.07, 6.45) is 5.06. The molecule has 3 nitrogen and oxygen atoms in total. The third-order valence-electron chi connectivity index (χ3n) is 4.15. The van der Waals surface area contributed by atoms with Gasteiger partial charge < -0.3 is 14.8 Å². The molecule has 3 rings (SSSR count). The molecule has 1 fully saturated rings. The van der Waals surface area contributed by atoms with Crippen molar-refractivity contribution in [2.75, 3.05) is 26.3 Å². The van der Waals surface area contributed by atoms with Crippen LogP contribution in [0, 0.1) is 0 Å². The average molecular weight is 299 g/mol. The highest BCUT2D eigenvalue weighted by Gasteiger charge is 2.13. The first-order chi connectivity index (χ1) is 10.9. The number of ether oxygens (including phenoxy) is 2. The van der Waals surface area contributed by atoms with E-state index in [0.717, 1.165) is 44.9 Å². The lowest BCUT2D eigenvalue weighted by atomic mass is 10.1. The van der Waals surface area contributed by atoms with Gasteiger partial charge in [-0.05, 0) is 43.7 Å². The smallest absolute Gasteiger partial charge is 0.127 e. The van der Waals surface area contributed by atoms with Gasteiger partial charge >= 0.3 is 0 Å². The van der Waals surface area contributed by atoms with Crippen molar-refractivity contribution in [3.8, 4) is 5.75 Å². The number of nitrogens with one attached hydrogen (secondary N) is 1. The molecule has 1 saturated heterocycles. The van der Waals surface area contributed by atoms with E-state index in [-0.39, 0.29) is 0 Å². The lowest BCUT2D eigenvalue weighted by molar-refractivity contribution is 0.110. The maximum atomic E-state index is 5.95.